The molecule has 0 saturated carbocycles. The van der Waals surface area contributed by atoms with Gasteiger partial charge in [-0.2, -0.15) is 0 Å². The van der Waals surface area contributed by atoms with Crippen LogP contribution in [0.15, 0.2) is 18.7 Å². The lowest BCUT2D eigenvalue weighted by Gasteiger charge is -2.06. The minimum atomic E-state index is -0.772. The minimum absolute atomic E-state index is 0.275. The monoisotopic (exact) mass is 194 g/mol. The van der Waals surface area contributed by atoms with E-state index in [1.54, 1.807) is 12.4 Å². The summed E-state index contributed by atoms with van der Waals surface area (Å²) in [5.74, 6) is -1.31. The molecule has 1 atom stereocenters. The van der Waals surface area contributed by atoms with E-state index in [0.29, 0.717) is 6.29 Å². The van der Waals surface area contributed by atoms with Crippen LogP contribution in [0, 0.1) is 5.92 Å². The van der Waals surface area contributed by atoms with Crippen molar-refractivity contribution in [2.75, 3.05) is 7.11 Å². The number of carbonyl (C=O) groups is 2. The molecule has 1 rings (SSSR count). The van der Waals surface area contributed by atoms with E-state index in [1.165, 1.54) is 13.4 Å². The van der Waals surface area contributed by atoms with Crippen LogP contribution < -0.4 is 0 Å². The Bertz CT molecular complexity index is 313. The first-order valence-electron chi connectivity index (χ1n) is 4.05. The lowest BCUT2D eigenvalue weighted by molar-refractivity contribution is -0.146. The normalized spacial score (nSPS) is 11.8. The van der Waals surface area contributed by atoms with E-state index in [1.807, 2.05) is 0 Å². The molecule has 0 fully saturated rings. The molecule has 0 spiro atoms. The van der Waals surface area contributed by atoms with Crippen molar-refractivity contribution < 1.29 is 14.3 Å². The Morgan fingerprint density at radius 1 is 1.57 bits per heavy atom. The summed E-state index contributed by atoms with van der Waals surface area (Å²) in [7, 11) is 1.25. The van der Waals surface area contributed by atoms with Crippen molar-refractivity contribution in [3.05, 3.63) is 24.3 Å². The molecule has 0 aliphatic heterocycles. The number of methoxy groups -OCH3 is 1. The Balaban J connectivity index is 2.66. The van der Waals surface area contributed by atoms with Crippen LogP contribution in [-0.2, 0) is 20.7 Å². The molecule has 0 unspecified atom stereocenters. The molecule has 0 bridgehead atoms. The highest BCUT2D eigenvalue weighted by molar-refractivity contribution is 5.87. The fraction of sp³-hybridized carbons (Fsp3) is 0.333. The fourth-order valence-corrected chi connectivity index (χ4v) is 1.03. The second-order valence-corrected chi connectivity index (χ2v) is 2.72. The second-order valence-electron chi connectivity index (χ2n) is 2.72. The molecular weight excluding hydrogens is 184 g/mol. The number of rotatable bonds is 4. The average Bonchev–Trinajstić information content (AvgIpc) is 2.26. The van der Waals surface area contributed by atoms with Crippen molar-refractivity contribution in [3.63, 3.8) is 0 Å². The minimum Gasteiger partial charge on any atom is -0.468 e. The predicted octanol–water partition coefficient (Wildman–Crippen LogP) is 0.00720. The van der Waals surface area contributed by atoms with Gasteiger partial charge in [0.15, 0.2) is 0 Å². The average molecular weight is 194 g/mol. The zero-order valence-corrected chi connectivity index (χ0v) is 7.71. The highest BCUT2D eigenvalue weighted by Gasteiger charge is 2.18. The summed E-state index contributed by atoms with van der Waals surface area (Å²) in [6.45, 7) is 0. The maximum absolute atomic E-state index is 11.1. The molecule has 1 aromatic heterocycles. The van der Waals surface area contributed by atoms with E-state index in [2.05, 4.69) is 14.7 Å². The zero-order valence-electron chi connectivity index (χ0n) is 7.71. The largest absolute Gasteiger partial charge is 0.468 e. The third kappa shape index (κ3) is 2.62. The summed E-state index contributed by atoms with van der Waals surface area (Å²) in [5.41, 5.74) is 0.731. The predicted molar refractivity (Wildman–Crippen MR) is 47.3 cm³/mol. The molecule has 0 N–H and O–H groups in total. The van der Waals surface area contributed by atoms with Gasteiger partial charge in [-0.05, 0) is 12.0 Å². The molecular formula is C9H10N2O3. The van der Waals surface area contributed by atoms with Gasteiger partial charge in [0.05, 0.1) is 7.11 Å². The second kappa shape index (κ2) is 5.06. The summed E-state index contributed by atoms with van der Waals surface area (Å²) in [6.07, 6.45) is 5.35. The Kier molecular flexibility index (Phi) is 3.72. The molecule has 1 aromatic rings. The van der Waals surface area contributed by atoms with Gasteiger partial charge in [-0.15, -0.1) is 0 Å². The molecule has 1 heterocycles. The third-order valence-electron chi connectivity index (χ3n) is 1.74. The third-order valence-corrected chi connectivity index (χ3v) is 1.74. The Hall–Kier alpha value is -1.78. The number of nitrogens with zero attached hydrogens (tertiary/aromatic N) is 2. The molecule has 5 nitrogen and oxygen atoms in total. The van der Waals surface area contributed by atoms with Gasteiger partial charge in [0.1, 0.15) is 18.5 Å². The summed E-state index contributed by atoms with van der Waals surface area (Å²) >= 11 is 0. The van der Waals surface area contributed by atoms with Crippen molar-refractivity contribution in [3.8, 4) is 0 Å². The number of ether oxygens (including phenoxy) is 1. The van der Waals surface area contributed by atoms with E-state index >= 15 is 0 Å². The van der Waals surface area contributed by atoms with Crippen LogP contribution in [0.5, 0.6) is 0 Å². The van der Waals surface area contributed by atoms with E-state index in [4.69, 9.17) is 0 Å². The zero-order chi connectivity index (χ0) is 10.4. The quantitative estimate of drug-likeness (QED) is 0.383. The van der Waals surface area contributed by atoms with Crippen molar-refractivity contribution in [2.45, 2.75) is 6.42 Å². The molecule has 0 aromatic carbocycles. The Labute approximate surface area is 81.1 Å². The summed E-state index contributed by atoms with van der Waals surface area (Å²) in [6, 6.07) is 0. The molecule has 0 amide bonds. The lowest BCUT2D eigenvalue weighted by Crippen LogP contribution is -2.20. The molecule has 74 valence electrons. The van der Waals surface area contributed by atoms with Gasteiger partial charge in [-0.1, -0.05) is 0 Å². The number of aromatic nitrogens is 2. The molecule has 0 aliphatic rings. The number of aldehydes is 1. The van der Waals surface area contributed by atoms with Gasteiger partial charge in [0.25, 0.3) is 0 Å². The summed E-state index contributed by atoms with van der Waals surface area (Å²) in [4.78, 5) is 29.2. The van der Waals surface area contributed by atoms with Gasteiger partial charge in [-0.25, -0.2) is 9.97 Å². The van der Waals surface area contributed by atoms with Gasteiger partial charge < -0.3 is 9.53 Å². The topological polar surface area (TPSA) is 69.2 Å². The number of hydrogen-bond donors (Lipinski definition) is 0. The van der Waals surface area contributed by atoms with Crippen LogP contribution >= 0.6 is 0 Å². The Morgan fingerprint density at radius 3 is 2.71 bits per heavy atom. The van der Waals surface area contributed by atoms with E-state index in [0.717, 1.165) is 5.56 Å². The maximum atomic E-state index is 11.1. The highest BCUT2D eigenvalue weighted by atomic mass is 16.5. The first kappa shape index (κ1) is 10.3. The SMILES string of the molecule is COC(=O)[C@H](C=O)Cc1cncnc1. The van der Waals surface area contributed by atoms with Gasteiger partial charge in [-0.3, -0.25) is 4.79 Å². The Morgan fingerprint density at radius 2 is 2.21 bits per heavy atom. The molecule has 0 radical (unpaired) electrons. The van der Waals surface area contributed by atoms with E-state index < -0.39 is 11.9 Å². The van der Waals surface area contributed by atoms with Gasteiger partial charge >= 0.3 is 5.97 Å². The van der Waals surface area contributed by atoms with Gasteiger partial charge in [0, 0.05) is 12.4 Å². The first-order valence-corrected chi connectivity index (χ1v) is 4.05. The number of hydrogen-bond acceptors (Lipinski definition) is 5. The van der Waals surface area contributed by atoms with Crippen molar-refractivity contribution in [2.24, 2.45) is 5.92 Å². The van der Waals surface area contributed by atoms with Crippen LogP contribution in [0.4, 0.5) is 0 Å². The smallest absolute Gasteiger partial charge is 0.316 e. The summed E-state index contributed by atoms with van der Waals surface area (Å²) < 4.78 is 4.46. The van der Waals surface area contributed by atoms with Crippen LogP contribution in [0.1, 0.15) is 5.56 Å². The van der Waals surface area contributed by atoms with Crippen LogP contribution in [0.3, 0.4) is 0 Å². The highest BCUT2D eigenvalue weighted by Crippen LogP contribution is 2.05. The lowest BCUT2D eigenvalue weighted by atomic mass is 10.0. The molecule has 0 aliphatic carbocycles. The standard InChI is InChI=1S/C9H10N2O3/c1-14-9(13)8(5-12)2-7-3-10-6-11-4-7/h3-6,8H,2H2,1H3/t8-/m0/s1. The summed E-state index contributed by atoms with van der Waals surface area (Å²) in [5, 5.41) is 0. The molecule has 14 heavy (non-hydrogen) atoms. The van der Waals surface area contributed by atoms with Crippen LogP contribution in [-0.4, -0.2) is 29.3 Å². The van der Waals surface area contributed by atoms with Crippen molar-refractivity contribution in [1.82, 2.24) is 9.97 Å². The first-order chi connectivity index (χ1) is 6.77. The van der Waals surface area contributed by atoms with Crippen LogP contribution in [0.25, 0.3) is 0 Å². The van der Waals surface area contributed by atoms with Crippen LogP contribution in [0.2, 0.25) is 0 Å². The number of carbonyl (C=O) groups excluding carboxylic acids is 2. The van der Waals surface area contributed by atoms with E-state index in [9.17, 15) is 9.59 Å². The maximum Gasteiger partial charge on any atom is 0.316 e. The van der Waals surface area contributed by atoms with Crippen molar-refractivity contribution >= 4 is 12.3 Å². The fourth-order valence-electron chi connectivity index (χ4n) is 1.03. The molecule has 0 saturated heterocycles. The van der Waals surface area contributed by atoms with Gasteiger partial charge in [0.2, 0.25) is 0 Å². The number of esters is 1. The van der Waals surface area contributed by atoms with E-state index in [-0.39, 0.29) is 6.42 Å². The molecule has 5 heteroatoms. The van der Waals surface area contributed by atoms with Crippen molar-refractivity contribution in [1.29, 1.82) is 0 Å².